The first kappa shape index (κ1) is 15.1. The summed E-state index contributed by atoms with van der Waals surface area (Å²) >= 11 is 0. The van der Waals surface area contributed by atoms with Gasteiger partial charge in [0.05, 0.1) is 41.3 Å². The van der Waals surface area contributed by atoms with Crippen LogP contribution in [-0.4, -0.2) is 56.3 Å². The molecule has 2 aliphatic heterocycles. The van der Waals surface area contributed by atoms with Crippen molar-refractivity contribution in [2.75, 3.05) is 31.7 Å². The zero-order valence-corrected chi connectivity index (χ0v) is 16.8. The van der Waals surface area contributed by atoms with Crippen LogP contribution in [0.25, 0.3) is 5.52 Å². The van der Waals surface area contributed by atoms with Crippen LogP contribution in [0, 0.1) is 6.92 Å². The van der Waals surface area contributed by atoms with Gasteiger partial charge in [-0.3, -0.25) is 0 Å². The molecule has 156 valence electrons. The number of nitrogens with zero attached hydrogens (tertiary/aromatic N) is 7. The molecular weight excluding hydrogens is 382 g/mol. The molecule has 9 heteroatoms. The topological polar surface area (TPSA) is 90.6 Å². The summed E-state index contributed by atoms with van der Waals surface area (Å²) in [6.45, 7) is 4.39. The fraction of sp³-hybridized carbons (Fsp3) is 0.571. The largest absolute Gasteiger partial charge is 0.481 e. The van der Waals surface area contributed by atoms with Gasteiger partial charge in [-0.15, -0.1) is 0 Å². The average molecular weight is 410 g/mol. The lowest BCUT2D eigenvalue weighted by molar-refractivity contribution is 0.193. The average Bonchev–Trinajstić information content (AvgIpc) is 3.38. The number of hydrogen-bond acceptors (Lipinski definition) is 8. The molecule has 1 saturated heterocycles. The summed E-state index contributed by atoms with van der Waals surface area (Å²) in [7, 11) is -2.58. The monoisotopic (exact) mass is 410 g/mol. The normalized spacial score (nSPS) is 23.2. The van der Waals surface area contributed by atoms with Crippen molar-refractivity contribution in [2.45, 2.75) is 51.0 Å². The highest BCUT2D eigenvalue weighted by Crippen LogP contribution is 2.40. The molecular formula is C21H25N7O2. The number of aromatic nitrogens is 6. The Bertz CT molecular complexity index is 1220. The van der Waals surface area contributed by atoms with Gasteiger partial charge in [0.25, 0.3) is 0 Å². The lowest BCUT2D eigenvalue weighted by atomic mass is 10.0. The summed E-state index contributed by atoms with van der Waals surface area (Å²) < 4.78 is 35.7. The maximum Gasteiger partial charge on any atom is 0.221 e. The number of fused-ring (bicyclic) bond motifs is 2. The van der Waals surface area contributed by atoms with E-state index in [9.17, 15) is 0 Å². The maximum absolute atomic E-state index is 7.62. The first-order valence-corrected chi connectivity index (χ1v) is 10.5. The van der Waals surface area contributed by atoms with Crippen LogP contribution in [0.15, 0.2) is 6.33 Å². The minimum Gasteiger partial charge on any atom is -0.481 e. The molecule has 1 aliphatic carbocycles. The summed E-state index contributed by atoms with van der Waals surface area (Å²) in [5.74, 6) is 2.93. The van der Waals surface area contributed by atoms with Crippen LogP contribution in [0.4, 0.5) is 5.82 Å². The van der Waals surface area contributed by atoms with Crippen LogP contribution in [0.5, 0.6) is 5.88 Å². The van der Waals surface area contributed by atoms with E-state index in [1.54, 1.807) is 0 Å². The zero-order chi connectivity index (χ0) is 22.7. The van der Waals surface area contributed by atoms with Crippen molar-refractivity contribution in [1.29, 1.82) is 0 Å². The van der Waals surface area contributed by atoms with Crippen LogP contribution >= 0.6 is 0 Å². The quantitative estimate of drug-likeness (QED) is 0.646. The molecule has 0 unspecified atom stereocenters. The Hall–Kier alpha value is -2.81. The molecule has 9 nitrogen and oxygen atoms in total. The van der Waals surface area contributed by atoms with Crippen molar-refractivity contribution in [3.05, 3.63) is 34.9 Å². The van der Waals surface area contributed by atoms with Gasteiger partial charge in [-0.2, -0.15) is 10.1 Å². The highest BCUT2D eigenvalue weighted by Gasteiger charge is 2.32. The lowest BCUT2D eigenvalue weighted by Crippen LogP contribution is -2.33. The molecule has 3 aliphatic rings. The second-order valence-corrected chi connectivity index (χ2v) is 8.31. The smallest absolute Gasteiger partial charge is 0.221 e. The summed E-state index contributed by atoms with van der Waals surface area (Å²) in [6, 6.07) is 0. The van der Waals surface area contributed by atoms with E-state index in [1.165, 1.54) is 6.33 Å². The van der Waals surface area contributed by atoms with E-state index in [-0.39, 0.29) is 11.8 Å². The predicted molar refractivity (Wildman–Crippen MR) is 109 cm³/mol. The summed E-state index contributed by atoms with van der Waals surface area (Å²) in [5, 5.41) is 4.43. The first-order valence-electron chi connectivity index (χ1n) is 12.0. The van der Waals surface area contributed by atoms with Crippen LogP contribution in [0.2, 0.25) is 0 Å². The van der Waals surface area contributed by atoms with Crippen LogP contribution in [0.1, 0.15) is 63.8 Å². The maximum atomic E-state index is 7.62. The zero-order valence-electron chi connectivity index (χ0n) is 19.8. The second-order valence-electron chi connectivity index (χ2n) is 8.31. The Balaban J connectivity index is 1.42. The van der Waals surface area contributed by atoms with Crippen LogP contribution in [-0.2, 0) is 17.7 Å². The third-order valence-corrected chi connectivity index (χ3v) is 6.30. The summed E-state index contributed by atoms with van der Waals surface area (Å²) in [5.41, 5.74) is 3.40. The molecule has 2 fully saturated rings. The molecule has 6 rings (SSSR count). The molecule has 30 heavy (non-hydrogen) atoms. The van der Waals surface area contributed by atoms with Crippen molar-refractivity contribution in [3.8, 4) is 5.88 Å². The number of hydrogen-bond donors (Lipinski definition) is 0. The molecule has 0 aromatic carbocycles. The van der Waals surface area contributed by atoms with Gasteiger partial charge in [-0.05, 0) is 26.2 Å². The molecule has 1 atom stereocenters. The standard InChI is InChI=1S/C21H25N7O2/c1-12-24-17(14-6-8-30-10-14)18-20(22-11-23-28(12)18)27-7-5-16-15(9-27)21(29-2)26-19(25-16)13-3-4-13/h11,13-14H,3-10H2,1-2H3/t14-/m1/s1/i2D3. The van der Waals surface area contributed by atoms with Gasteiger partial charge < -0.3 is 14.4 Å². The van der Waals surface area contributed by atoms with Crippen molar-refractivity contribution < 1.29 is 13.6 Å². The molecule has 0 N–H and O–H groups in total. The molecule has 3 aromatic heterocycles. The molecule has 0 bridgehead atoms. The number of ether oxygens (including phenoxy) is 2. The van der Waals surface area contributed by atoms with E-state index < -0.39 is 7.04 Å². The summed E-state index contributed by atoms with van der Waals surface area (Å²) in [4.78, 5) is 20.8. The highest BCUT2D eigenvalue weighted by molar-refractivity contribution is 5.73. The van der Waals surface area contributed by atoms with Gasteiger partial charge in [0.15, 0.2) is 5.82 Å². The number of anilines is 1. The van der Waals surface area contributed by atoms with Gasteiger partial charge in [-0.1, -0.05) is 0 Å². The van der Waals surface area contributed by atoms with Gasteiger partial charge in [0, 0.05) is 31.4 Å². The third kappa shape index (κ3) is 2.83. The fourth-order valence-electron chi connectivity index (χ4n) is 4.55. The molecule has 0 spiro atoms. The fourth-order valence-corrected chi connectivity index (χ4v) is 4.55. The van der Waals surface area contributed by atoms with Crippen LogP contribution in [0.3, 0.4) is 0 Å². The minimum atomic E-state index is -2.58. The SMILES string of the molecule is [2H]C([2H])([2H])Oc1nc(C2CC2)nc2c1CN(c1ncnn3c(C)nc([C@@H]4CCOC4)c13)CC2. The van der Waals surface area contributed by atoms with E-state index >= 15 is 0 Å². The van der Waals surface area contributed by atoms with Gasteiger partial charge in [0.1, 0.15) is 23.5 Å². The number of methoxy groups -OCH3 is 1. The molecule has 3 aromatic rings. The lowest BCUT2D eigenvalue weighted by Gasteiger charge is -2.30. The van der Waals surface area contributed by atoms with Crippen LogP contribution < -0.4 is 9.64 Å². The van der Waals surface area contributed by atoms with E-state index in [4.69, 9.17) is 23.6 Å². The first-order chi connectivity index (χ1) is 15.9. The Kier molecular flexibility index (Phi) is 3.45. The Morgan fingerprint density at radius 1 is 1.20 bits per heavy atom. The minimum absolute atomic E-state index is 0.158. The molecule has 1 saturated carbocycles. The Labute approximate surface area is 178 Å². The van der Waals surface area contributed by atoms with E-state index in [0.717, 1.165) is 54.4 Å². The van der Waals surface area contributed by atoms with Gasteiger partial charge in [0.2, 0.25) is 5.88 Å². The molecule has 0 radical (unpaired) electrons. The highest BCUT2D eigenvalue weighted by atomic mass is 16.5. The van der Waals surface area contributed by atoms with E-state index in [2.05, 4.69) is 20.0 Å². The van der Waals surface area contributed by atoms with Crippen molar-refractivity contribution in [2.24, 2.45) is 0 Å². The summed E-state index contributed by atoms with van der Waals surface area (Å²) in [6.07, 6.45) is 5.17. The van der Waals surface area contributed by atoms with E-state index in [1.807, 2.05) is 11.4 Å². The van der Waals surface area contributed by atoms with E-state index in [0.29, 0.717) is 43.4 Å². The number of rotatable bonds is 4. The van der Waals surface area contributed by atoms with Crippen molar-refractivity contribution in [3.63, 3.8) is 0 Å². The third-order valence-electron chi connectivity index (χ3n) is 6.30. The van der Waals surface area contributed by atoms with Crippen molar-refractivity contribution >= 4 is 11.3 Å². The Morgan fingerprint density at radius 2 is 2.13 bits per heavy atom. The Morgan fingerprint density at radius 3 is 2.93 bits per heavy atom. The second kappa shape index (κ2) is 6.87. The van der Waals surface area contributed by atoms with Gasteiger partial charge in [-0.25, -0.2) is 19.5 Å². The predicted octanol–water partition coefficient (Wildman–Crippen LogP) is 2.18. The number of imidazole rings is 1. The van der Waals surface area contributed by atoms with Crippen molar-refractivity contribution in [1.82, 2.24) is 29.5 Å². The molecule has 5 heterocycles. The molecule has 0 amide bonds. The van der Waals surface area contributed by atoms with Gasteiger partial charge >= 0.3 is 0 Å². The number of aryl methyl sites for hydroxylation is 1.